The number of hydrogen-bond donors (Lipinski definition) is 0. The van der Waals surface area contributed by atoms with Crippen molar-refractivity contribution in [2.45, 2.75) is 27.7 Å². The first-order chi connectivity index (χ1) is 6.65. The summed E-state index contributed by atoms with van der Waals surface area (Å²) in [6.45, 7) is 8.23. The van der Waals surface area contributed by atoms with Crippen LogP contribution < -0.4 is 9.75 Å². The molecule has 0 radical (unpaired) electrons. The third kappa shape index (κ3) is 3.54. The molecule has 0 bridgehead atoms. The van der Waals surface area contributed by atoms with Gasteiger partial charge in [-0.05, 0) is 24.8 Å². The minimum atomic E-state index is 1.35. The number of thiophene rings is 1. The van der Waals surface area contributed by atoms with Gasteiger partial charge >= 0.3 is 0 Å². The Kier molecular flexibility index (Phi) is 6.30. The van der Waals surface area contributed by atoms with E-state index < -0.39 is 0 Å². The summed E-state index contributed by atoms with van der Waals surface area (Å²) in [5.41, 5.74) is 1.36. The van der Waals surface area contributed by atoms with Crippen molar-refractivity contribution in [2.75, 3.05) is 14.1 Å². The molecule has 14 heavy (non-hydrogen) atoms. The van der Waals surface area contributed by atoms with Crippen LogP contribution >= 0.6 is 11.3 Å². The lowest BCUT2D eigenvalue weighted by atomic mass is 10.3. The summed E-state index contributed by atoms with van der Waals surface area (Å²) in [5.74, 6) is 0. The summed E-state index contributed by atoms with van der Waals surface area (Å²) in [6.07, 6.45) is 4.33. The molecule has 0 aliphatic carbocycles. The standard InChI is InChI=1S/C10H15NS.C2H6/c1-5-10-9(6-11(3)4)8(2)7-12-10;1-2/h5-7H,1-4H3;1-2H3/b9-6-,10-5+;. The molecule has 0 spiro atoms. The fourth-order valence-corrected chi connectivity index (χ4v) is 2.03. The van der Waals surface area contributed by atoms with Crippen LogP contribution in [0.3, 0.4) is 0 Å². The van der Waals surface area contributed by atoms with E-state index in [-0.39, 0.29) is 0 Å². The number of nitrogens with zero attached hydrogens (tertiary/aromatic N) is 1. The van der Waals surface area contributed by atoms with Crippen LogP contribution in [0.1, 0.15) is 26.3 Å². The first kappa shape index (κ1) is 13.2. The average molecular weight is 211 g/mol. The molecular weight excluding hydrogens is 190 g/mol. The molecular formula is C12H21NS. The van der Waals surface area contributed by atoms with E-state index in [9.17, 15) is 0 Å². The SMILES string of the molecule is C/C=c1/scc(C)/c1=C/N(C)C.CC. The van der Waals surface area contributed by atoms with E-state index in [1.807, 2.05) is 13.8 Å². The Morgan fingerprint density at radius 1 is 1.29 bits per heavy atom. The van der Waals surface area contributed by atoms with Crippen molar-refractivity contribution in [3.63, 3.8) is 0 Å². The second-order valence-electron chi connectivity index (χ2n) is 3.08. The highest BCUT2D eigenvalue weighted by Gasteiger charge is 1.92. The Labute approximate surface area is 91.4 Å². The van der Waals surface area contributed by atoms with Gasteiger partial charge in [-0.15, -0.1) is 11.3 Å². The zero-order valence-corrected chi connectivity index (χ0v) is 10.9. The summed E-state index contributed by atoms with van der Waals surface area (Å²) in [5, 5.41) is 3.55. The molecule has 2 heteroatoms. The van der Waals surface area contributed by atoms with Crippen molar-refractivity contribution in [1.82, 2.24) is 4.90 Å². The topological polar surface area (TPSA) is 3.24 Å². The van der Waals surface area contributed by atoms with Gasteiger partial charge in [0.2, 0.25) is 0 Å². The molecule has 0 amide bonds. The lowest BCUT2D eigenvalue weighted by Gasteiger charge is -2.02. The van der Waals surface area contributed by atoms with Crippen LogP contribution in [0.25, 0.3) is 12.3 Å². The van der Waals surface area contributed by atoms with E-state index >= 15 is 0 Å². The van der Waals surface area contributed by atoms with Gasteiger partial charge in [-0.25, -0.2) is 0 Å². The lowest BCUT2D eigenvalue weighted by molar-refractivity contribution is 0.614. The number of hydrogen-bond acceptors (Lipinski definition) is 2. The first-order valence-electron chi connectivity index (χ1n) is 5.04. The maximum Gasteiger partial charge on any atom is 0.0317 e. The molecule has 0 saturated carbocycles. The first-order valence-corrected chi connectivity index (χ1v) is 5.92. The van der Waals surface area contributed by atoms with Gasteiger partial charge < -0.3 is 4.90 Å². The van der Waals surface area contributed by atoms with Crippen molar-refractivity contribution >= 4 is 23.6 Å². The summed E-state index contributed by atoms with van der Waals surface area (Å²) in [6, 6.07) is 0. The fourth-order valence-electron chi connectivity index (χ4n) is 1.12. The van der Waals surface area contributed by atoms with E-state index in [4.69, 9.17) is 0 Å². The Morgan fingerprint density at radius 3 is 2.29 bits per heavy atom. The van der Waals surface area contributed by atoms with Gasteiger partial charge in [-0.1, -0.05) is 19.9 Å². The second kappa shape index (κ2) is 6.66. The van der Waals surface area contributed by atoms with Gasteiger partial charge in [0, 0.05) is 30.0 Å². The summed E-state index contributed by atoms with van der Waals surface area (Å²) < 4.78 is 1.36. The highest BCUT2D eigenvalue weighted by atomic mass is 32.1. The zero-order chi connectivity index (χ0) is 11.1. The van der Waals surface area contributed by atoms with Gasteiger partial charge in [-0.3, -0.25) is 0 Å². The van der Waals surface area contributed by atoms with Gasteiger partial charge in [-0.2, -0.15) is 0 Å². The molecule has 1 rings (SSSR count). The van der Waals surface area contributed by atoms with E-state index in [1.54, 1.807) is 11.3 Å². The Morgan fingerprint density at radius 2 is 1.86 bits per heavy atom. The predicted octanol–water partition coefficient (Wildman–Crippen LogP) is 2.18. The van der Waals surface area contributed by atoms with Crippen LogP contribution in [-0.2, 0) is 0 Å². The summed E-state index contributed by atoms with van der Waals surface area (Å²) >= 11 is 1.80. The van der Waals surface area contributed by atoms with Crippen LogP contribution in [0.2, 0.25) is 0 Å². The maximum atomic E-state index is 2.20. The Hall–Kier alpha value is -0.760. The predicted molar refractivity (Wildman–Crippen MR) is 67.9 cm³/mol. The average Bonchev–Trinajstić information content (AvgIpc) is 2.51. The molecule has 0 aliphatic heterocycles. The molecule has 0 N–H and O–H groups in total. The molecule has 1 nitrogen and oxygen atoms in total. The van der Waals surface area contributed by atoms with Crippen LogP contribution in [0.4, 0.5) is 0 Å². The fraction of sp³-hybridized carbons (Fsp3) is 0.500. The highest BCUT2D eigenvalue weighted by Crippen LogP contribution is 1.91. The van der Waals surface area contributed by atoms with Crippen molar-refractivity contribution < 1.29 is 0 Å². The van der Waals surface area contributed by atoms with Crippen molar-refractivity contribution in [3.05, 3.63) is 20.7 Å². The summed E-state index contributed by atoms with van der Waals surface area (Å²) in [7, 11) is 4.10. The molecule has 0 unspecified atom stereocenters. The smallest absolute Gasteiger partial charge is 0.0317 e. The van der Waals surface area contributed by atoms with E-state index in [0.717, 1.165) is 0 Å². The van der Waals surface area contributed by atoms with Crippen molar-refractivity contribution in [2.24, 2.45) is 0 Å². The number of aryl methyl sites for hydroxylation is 1. The van der Waals surface area contributed by atoms with E-state index in [2.05, 4.69) is 50.5 Å². The Bertz CT molecular complexity index is 360. The van der Waals surface area contributed by atoms with E-state index in [1.165, 1.54) is 15.3 Å². The van der Waals surface area contributed by atoms with Gasteiger partial charge in [0.15, 0.2) is 0 Å². The van der Waals surface area contributed by atoms with Gasteiger partial charge in [0.25, 0.3) is 0 Å². The second-order valence-corrected chi connectivity index (χ2v) is 3.99. The molecule has 0 aliphatic rings. The van der Waals surface area contributed by atoms with Crippen LogP contribution in [0.15, 0.2) is 5.38 Å². The minimum absolute atomic E-state index is 1.35. The molecule has 1 heterocycles. The molecule has 0 fully saturated rings. The van der Waals surface area contributed by atoms with Crippen molar-refractivity contribution in [1.29, 1.82) is 0 Å². The van der Waals surface area contributed by atoms with Crippen molar-refractivity contribution in [3.8, 4) is 0 Å². The quantitative estimate of drug-likeness (QED) is 0.688. The molecule has 0 aromatic carbocycles. The van der Waals surface area contributed by atoms with Crippen LogP contribution in [0, 0.1) is 6.92 Å². The lowest BCUT2D eigenvalue weighted by Crippen LogP contribution is -2.23. The van der Waals surface area contributed by atoms with Crippen LogP contribution in [0.5, 0.6) is 0 Å². The summed E-state index contributed by atoms with van der Waals surface area (Å²) in [4.78, 5) is 2.09. The third-order valence-electron chi connectivity index (χ3n) is 1.70. The molecule has 0 atom stereocenters. The monoisotopic (exact) mass is 211 g/mol. The Balaban J connectivity index is 0.000000791. The molecule has 80 valence electrons. The molecule has 0 saturated heterocycles. The molecule has 1 aromatic heterocycles. The molecule has 1 aromatic rings. The zero-order valence-electron chi connectivity index (χ0n) is 10.1. The maximum absolute atomic E-state index is 2.20. The minimum Gasteiger partial charge on any atom is -0.383 e. The number of rotatable bonds is 1. The van der Waals surface area contributed by atoms with E-state index in [0.29, 0.717) is 0 Å². The normalized spacial score (nSPS) is 12.4. The van der Waals surface area contributed by atoms with Gasteiger partial charge in [0.05, 0.1) is 0 Å². The van der Waals surface area contributed by atoms with Crippen LogP contribution in [-0.4, -0.2) is 19.0 Å². The van der Waals surface area contributed by atoms with Gasteiger partial charge in [0.1, 0.15) is 0 Å². The highest BCUT2D eigenvalue weighted by molar-refractivity contribution is 7.07. The third-order valence-corrected chi connectivity index (χ3v) is 2.88. The largest absolute Gasteiger partial charge is 0.383 e.